The van der Waals surface area contributed by atoms with Crippen LogP contribution in [0.25, 0.3) is 0 Å². The van der Waals surface area contributed by atoms with Crippen LogP contribution in [0.3, 0.4) is 0 Å². The maximum Gasteiger partial charge on any atom is 0.411 e. The van der Waals surface area contributed by atoms with Crippen LogP contribution in [-0.2, 0) is 4.74 Å². The van der Waals surface area contributed by atoms with Gasteiger partial charge >= 0.3 is 12.1 Å². The first-order valence-corrected chi connectivity index (χ1v) is 12.8. The highest BCUT2D eigenvalue weighted by molar-refractivity contribution is 6.12. The summed E-state index contributed by atoms with van der Waals surface area (Å²) in [6.07, 6.45) is -0.160. The number of hydrazone groups is 1. The minimum Gasteiger partial charge on any atom is -0.448 e. The first kappa shape index (κ1) is 26.6. The lowest BCUT2D eigenvalue weighted by Crippen LogP contribution is -2.52. The van der Waals surface area contributed by atoms with Crippen molar-refractivity contribution in [2.24, 2.45) is 5.10 Å². The van der Waals surface area contributed by atoms with Crippen LogP contribution in [0.15, 0.2) is 120 Å². The lowest BCUT2D eigenvalue weighted by Gasteiger charge is -2.31. The summed E-state index contributed by atoms with van der Waals surface area (Å²) >= 11 is 0. The zero-order chi connectivity index (χ0) is 28.3. The molecule has 8 heteroatoms. The summed E-state index contributed by atoms with van der Waals surface area (Å²) in [6, 6.07) is 34.5. The van der Waals surface area contributed by atoms with E-state index in [1.54, 1.807) is 12.1 Å². The second-order valence-electron chi connectivity index (χ2n) is 8.61. The molecule has 0 saturated heterocycles. The molecule has 0 saturated carbocycles. The number of rotatable bonds is 6. The monoisotopic (exact) mass is 538 g/mol. The maximum atomic E-state index is 13.3. The zero-order valence-corrected chi connectivity index (χ0v) is 21.9. The third-order valence-corrected chi connectivity index (χ3v) is 5.73. The molecule has 0 spiro atoms. The van der Waals surface area contributed by atoms with E-state index in [1.165, 1.54) is 10.0 Å². The van der Waals surface area contributed by atoms with E-state index >= 15 is 0 Å². The number of urea groups is 1. The zero-order valence-electron chi connectivity index (χ0n) is 21.9. The number of benzene rings is 4. The maximum absolute atomic E-state index is 13.3. The number of amides is 3. The standard InChI is InChI=1S/C33H24N5O3/c39-32(34-28-15-7-3-8-16-28)41-25-13-2-1-6-14-26-21-23-27(24-22-26)31-35-37(29-17-9-4-10-18-29)33(40)38(36-31)30-19-11-5-12-20-30/h3-5,7-12,15-24H,13,25H2,(H,34,39). The van der Waals surface area contributed by atoms with E-state index in [4.69, 9.17) is 4.74 Å². The largest absolute Gasteiger partial charge is 0.448 e. The normalized spacial score (nSPS) is 12.1. The number of nitrogens with zero attached hydrogens (tertiary/aromatic N) is 4. The average Bonchev–Trinajstić information content (AvgIpc) is 3.02. The molecule has 0 aromatic heterocycles. The Labute approximate surface area is 238 Å². The molecule has 0 unspecified atom stereocenters. The summed E-state index contributed by atoms with van der Waals surface area (Å²) in [7, 11) is 0. The number of para-hydroxylation sites is 3. The van der Waals surface area contributed by atoms with E-state index in [9.17, 15) is 9.59 Å². The van der Waals surface area contributed by atoms with Gasteiger partial charge in [-0.15, -0.1) is 10.5 Å². The Morgan fingerprint density at radius 3 is 2.02 bits per heavy atom. The molecule has 4 aromatic carbocycles. The number of hydrogen-bond donors (Lipinski definition) is 1. The highest BCUT2D eigenvalue weighted by atomic mass is 16.5. The van der Waals surface area contributed by atoms with Gasteiger partial charge < -0.3 is 4.74 Å². The molecule has 4 aromatic rings. The van der Waals surface area contributed by atoms with Gasteiger partial charge in [0.25, 0.3) is 0 Å². The molecule has 1 heterocycles. The summed E-state index contributed by atoms with van der Waals surface area (Å²) in [5.41, 5.74) is 7.96. The second kappa shape index (κ2) is 13.2. The Hall–Kier alpha value is -5.99. The van der Waals surface area contributed by atoms with Crippen molar-refractivity contribution in [3.05, 3.63) is 126 Å². The van der Waals surface area contributed by atoms with Crippen molar-refractivity contribution in [1.29, 1.82) is 0 Å². The smallest absolute Gasteiger partial charge is 0.411 e. The Morgan fingerprint density at radius 1 is 0.756 bits per heavy atom. The molecule has 5 rings (SSSR count). The lowest BCUT2D eigenvalue weighted by atomic mass is 10.1. The van der Waals surface area contributed by atoms with Gasteiger partial charge in [-0.3, -0.25) is 5.32 Å². The summed E-state index contributed by atoms with van der Waals surface area (Å²) in [6.45, 7) is 0.163. The number of anilines is 3. The first-order chi connectivity index (χ1) is 20.2. The number of carbonyl (C=O) groups excluding carboxylic acids is 2. The molecular weight excluding hydrogens is 514 g/mol. The van der Waals surface area contributed by atoms with Crippen LogP contribution < -0.4 is 20.8 Å². The molecular formula is C33H24N5O3. The molecule has 0 bridgehead atoms. The van der Waals surface area contributed by atoms with Crippen molar-refractivity contribution < 1.29 is 14.3 Å². The average molecular weight is 539 g/mol. The van der Waals surface area contributed by atoms with Crippen molar-refractivity contribution in [3.8, 4) is 23.7 Å². The highest BCUT2D eigenvalue weighted by Crippen LogP contribution is 2.24. The van der Waals surface area contributed by atoms with E-state index in [-0.39, 0.29) is 12.6 Å². The summed E-state index contributed by atoms with van der Waals surface area (Å²) in [4.78, 5) is 25.0. The second-order valence-corrected chi connectivity index (χ2v) is 8.61. The van der Waals surface area contributed by atoms with Crippen LogP contribution in [-0.4, -0.2) is 24.6 Å². The highest BCUT2D eigenvalue weighted by Gasteiger charge is 2.32. The molecule has 8 nitrogen and oxygen atoms in total. The fourth-order valence-corrected chi connectivity index (χ4v) is 3.76. The first-order valence-electron chi connectivity index (χ1n) is 12.8. The Bertz CT molecular complexity index is 1650. The van der Waals surface area contributed by atoms with E-state index in [0.29, 0.717) is 29.3 Å². The van der Waals surface area contributed by atoms with Gasteiger partial charge in [-0.2, -0.15) is 10.0 Å². The third kappa shape index (κ3) is 7.11. The number of hydrogen-bond acceptors (Lipinski definition) is 4. The topological polar surface area (TPSA) is 88.3 Å². The molecule has 41 heavy (non-hydrogen) atoms. The van der Waals surface area contributed by atoms with Crippen molar-refractivity contribution in [2.75, 3.05) is 21.9 Å². The number of amidine groups is 1. The lowest BCUT2D eigenvalue weighted by molar-refractivity contribution is 0.164. The molecule has 1 aliphatic rings. The van der Waals surface area contributed by atoms with Gasteiger partial charge in [-0.25, -0.2) is 9.59 Å². The molecule has 1 radical (unpaired) electrons. The number of nitrogens with one attached hydrogen (secondary N) is 1. The van der Waals surface area contributed by atoms with E-state index in [2.05, 4.69) is 39.5 Å². The van der Waals surface area contributed by atoms with Crippen molar-refractivity contribution in [3.63, 3.8) is 0 Å². The Morgan fingerprint density at radius 2 is 1.37 bits per heavy atom. The minimum atomic E-state index is -0.526. The predicted octanol–water partition coefficient (Wildman–Crippen LogP) is 6.01. The van der Waals surface area contributed by atoms with Gasteiger partial charge in [-0.1, -0.05) is 66.4 Å². The van der Waals surface area contributed by atoms with Crippen LogP contribution in [0, 0.1) is 23.7 Å². The molecule has 0 fully saturated rings. The fourth-order valence-electron chi connectivity index (χ4n) is 3.76. The molecule has 1 aliphatic heterocycles. The van der Waals surface area contributed by atoms with E-state index < -0.39 is 6.09 Å². The predicted molar refractivity (Wildman–Crippen MR) is 159 cm³/mol. The molecule has 3 amide bonds. The Balaban J connectivity index is 1.21. The number of ether oxygens (including phenoxy) is 1. The molecule has 1 N–H and O–H groups in total. The van der Waals surface area contributed by atoms with Crippen LogP contribution in [0.5, 0.6) is 0 Å². The Kier molecular flexibility index (Phi) is 8.56. The van der Waals surface area contributed by atoms with E-state index in [1.807, 2.05) is 103 Å². The summed E-state index contributed by atoms with van der Waals surface area (Å²) < 4.78 is 5.11. The van der Waals surface area contributed by atoms with Crippen LogP contribution >= 0.6 is 0 Å². The summed E-state index contributed by atoms with van der Waals surface area (Å²) in [5, 5.41) is 9.87. The number of carbonyl (C=O) groups is 2. The van der Waals surface area contributed by atoms with Gasteiger partial charge in [0.1, 0.15) is 6.61 Å². The van der Waals surface area contributed by atoms with Gasteiger partial charge in [0.05, 0.1) is 11.4 Å². The van der Waals surface area contributed by atoms with Gasteiger partial charge in [0.2, 0.25) is 0 Å². The SMILES string of the molecule is O=C(Nc1ccccc1)OCCC#CC#Cc1ccc(C2=NN(c3ccccc3)C(=O)N(c3ccccc3)[N]2)cc1. The van der Waals surface area contributed by atoms with Gasteiger partial charge in [0, 0.05) is 23.2 Å². The van der Waals surface area contributed by atoms with Crippen LogP contribution in [0.4, 0.5) is 26.7 Å². The molecule has 0 aliphatic carbocycles. The van der Waals surface area contributed by atoms with E-state index in [0.717, 1.165) is 11.1 Å². The quantitative estimate of drug-likeness (QED) is 0.241. The van der Waals surface area contributed by atoms with Crippen molar-refractivity contribution >= 4 is 35.0 Å². The minimum absolute atomic E-state index is 0.163. The van der Waals surface area contributed by atoms with Crippen molar-refractivity contribution in [1.82, 2.24) is 5.43 Å². The van der Waals surface area contributed by atoms with Crippen LogP contribution in [0.1, 0.15) is 17.5 Å². The molecule has 0 atom stereocenters. The van der Waals surface area contributed by atoms with Gasteiger partial charge in [-0.05, 0) is 72.5 Å². The van der Waals surface area contributed by atoms with Gasteiger partial charge in [0.15, 0.2) is 5.84 Å². The fraction of sp³-hybridized carbons (Fsp3) is 0.0606. The summed E-state index contributed by atoms with van der Waals surface area (Å²) in [5.74, 6) is 11.8. The molecule has 199 valence electrons. The van der Waals surface area contributed by atoms with Crippen LogP contribution in [0.2, 0.25) is 0 Å². The third-order valence-electron chi connectivity index (χ3n) is 5.73. The van der Waals surface area contributed by atoms with Crippen molar-refractivity contribution in [2.45, 2.75) is 6.42 Å².